The van der Waals surface area contributed by atoms with Gasteiger partial charge in [-0.25, -0.2) is 9.59 Å². The van der Waals surface area contributed by atoms with Crippen LogP contribution in [-0.2, 0) is 20.9 Å². The van der Waals surface area contributed by atoms with Crippen LogP contribution in [0.4, 0.5) is 10.5 Å². The van der Waals surface area contributed by atoms with Crippen molar-refractivity contribution in [3.8, 4) is 11.1 Å². The molecule has 1 N–H and O–H groups in total. The lowest BCUT2D eigenvalue weighted by Crippen LogP contribution is -2.47. The van der Waals surface area contributed by atoms with Crippen LogP contribution < -0.4 is 5.32 Å². The largest absolute Gasteiger partial charge is 0.459 e. The summed E-state index contributed by atoms with van der Waals surface area (Å²) in [4.78, 5) is 35.4. The first kappa shape index (κ1) is 24.3. The number of nitrogens with one attached hydrogen (secondary N) is 1. The van der Waals surface area contributed by atoms with E-state index in [-0.39, 0.29) is 24.8 Å². The van der Waals surface area contributed by atoms with Gasteiger partial charge in [-0.1, -0.05) is 55.5 Å². The van der Waals surface area contributed by atoms with Crippen LogP contribution in [0.15, 0.2) is 72.8 Å². The van der Waals surface area contributed by atoms with Crippen LogP contribution in [0.5, 0.6) is 0 Å². The van der Waals surface area contributed by atoms with Gasteiger partial charge in [0.05, 0.1) is 4.92 Å². The van der Waals surface area contributed by atoms with E-state index in [0.717, 1.165) is 22.3 Å². The fourth-order valence-corrected chi connectivity index (χ4v) is 4.30. The standard InChI is InChI=1S/C26H24N2O6S/c1-16(35)24(25(29)33-14-17-10-12-18(13-11-17)28(31)32)27-26(30)34-15-23-21-8-4-2-6-19(21)20-7-3-5-9-22(20)23/h2-13,16,23-24,35H,14-15H2,1H3,(H,27,30)/t16-,24-/m1/s1. The fraction of sp³-hybridized carbons (Fsp3) is 0.231. The Kier molecular flexibility index (Phi) is 7.36. The molecular formula is C26H24N2O6S. The summed E-state index contributed by atoms with van der Waals surface area (Å²) < 4.78 is 10.8. The average Bonchev–Trinajstić information content (AvgIpc) is 3.18. The Morgan fingerprint density at radius 2 is 1.54 bits per heavy atom. The van der Waals surface area contributed by atoms with Crippen molar-refractivity contribution in [2.24, 2.45) is 0 Å². The first-order chi connectivity index (χ1) is 16.8. The lowest BCUT2D eigenvalue weighted by Gasteiger charge is -2.21. The molecule has 0 saturated heterocycles. The van der Waals surface area contributed by atoms with Crippen molar-refractivity contribution in [3.05, 3.63) is 99.6 Å². The van der Waals surface area contributed by atoms with E-state index in [0.29, 0.717) is 5.56 Å². The summed E-state index contributed by atoms with van der Waals surface area (Å²) >= 11 is 4.31. The second-order valence-corrected chi connectivity index (χ2v) is 9.03. The molecule has 1 aliphatic rings. The van der Waals surface area contributed by atoms with Gasteiger partial charge in [0.2, 0.25) is 0 Å². The summed E-state index contributed by atoms with van der Waals surface area (Å²) in [7, 11) is 0. The van der Waals surface area contributed by atoms with E-state index in [4.69, 9.17) is 9.47 Å². The van der Waals surface area contributed by atoms with E-state index in [1.54, 1.807) is 6.92 Å². The maximum Gasteiger partial charge on any atom is 0.407 e. The Labute approximate surface area is 207 Å². The molecule has 0 aliphatic heterocycles. The molecule has 3 aromatic rings. The molecular weight excluding hydrogens is 468 g/mol. The Balaban J connectivity index is 1.35. The Hall–Kier alpha value is -3.85. The minimum atomic E-state index is -1.04. The third kappa shape index (κ3) is 5.46. The molecule has 0 spiro atoms. The summed E-state index contributed by atoms with van der Waals surface area (Å²) in [5.74, 6) is -0.784. The summed E-state index contributed by atoms with van der Waals surface area (Å²) in [6.45, 7) is 1.68. The van der Waals surface area contributed by atoms with Crippen molar-refractivity contribution in [3.63, 3.8) is 0 Å². The number of alkyl carbamates (subject to hydrolysis) is 1. The van der Waals surface area contributed by atoms with Crippen LogP contribution in [0, 0.1) is 10.1 Å². The fourth-order valence-electron chi connectivity index (χ4n) is 4.10. The number of thiol groups is 1. The van der Waals surface area contributed by atoms with Gasteiger partial charge in [-0.3, -0.25) is 10.1 Å². The van der Waals surface area contributed by atoms with Crippen molar-refractivity contribution in [1.82, 2.24) is 5.32 Å². The summed E-state index contributed by atoms with van der Waals surface area (Å²) in [6, 6.07) is 20.6. The molecule has 9 heteroatoms. The molecule has 1 amide bonds. The van der Waals surface area contributed by atoms with Gasteiger partial charge in [0, 0.05) is 23.3 Å². The van der Waals surface area contributed by atoms with Crippen LogP contribution >= 0.6 is 12.6 Å². The highest BCUT2D eigenvalue weighted by Gasteiger charge is 2.31. The molecule has 0 fully saturated rings. The first-order valence-corrected chi connectivity index (χ1v) is 11.6. The molecule has 0 heterocycles. The molecule has 0 radical (unpaired) electrons. The maximum absolute atomic E-state index is 12.6. The number of benzene rings is 3. The number of nitro benzene ring substituents is 1. The third-order valence-corrected chi connectivity index (χ3v) is 6.18. The zero-order valence-electron chi connectivity index (χ0n) is 18.9. The van der Waals surface area contributed by atoms with Gasteiger partial charge >= 0.3 is 12.1 Å². The quantitative estimate of drug-likeness (QED) is 0.201. The number of non-ortho nitro benzene ring substituents is 1. The van der Waals surface area contributed by atoms with Crippen LogP contribution in [-0.4, -0.2) is 34.9 Å². The van der Waals surface area contributed by atoms with Gasteiger partial charge in [0.25, 0.3) is 5.69 Å². The molecule has 1 aliphatic carbocycles. The predicted octanol–water partition coefficient (Wildman–Crippen LogP) is 4.86. The topological polar surface area (TPSA) is 108 Å². The highest BCUT2D eigenvalue weighted by atomic mass is 32.1. The van der Waals surface area contributed by atoms with Crippen LogP contribution in [0.3, 0.4) is 0 Å². The minimum Gasteiger partial charge on any atom is -0.459 e. The van der Waals surface area contributed by atoms with Crippen LogP contribution in [0.25, 0.3) is 11.1 Å². The van der Waals surface area contributed by atoms with Gasteiger partial charge < -0.3 is 14.8 Å². The molecule has 4 rings (SSSR count). The smallest absolute Gasteiger partial charge is 0.407 e. The number of nitrogens with zero attached hydrogens (tertiary/aromatic N) is 1. The SMILES string of the molecule is C[C@@H](S)[C@@H](NC(=O)OCC1c2ccccc2-c2ccccc21)C(=O)OCc1ccc([N+](=O)[O-])cc1. The second-order valence-electron chi connectivity index (χ2n) is 8.22. The molecule has 0 bridgehead atoms. The Bertz CT molecular complexity index is 1200. The summed E-state index contributed by atoms with van der Waals surface area (Å²) in [5.41, 5.74) is 4.93. The normalized spacial score (nSPS) is 13.8. The average molecular weight is 493 g/mol. The van der Waals surface area contributed by atoms with Crippen molar-refractivity contribution in [1.29, 1.82) is 0 Å². The number of ether oxygens (including phenoxy) is 2. The van der Waals surface area contributed by atoms with E-state index >= 15 is 0 Å². The molecule has 0 aromatic heterocycles. The molecule has 35 heavy (non-hydrogen) atoms. The van der Waals surface area contributed by atoms with Crippen molar-refractivity contribution in [2.75, 3.05) is 6.61 Å². The number of nitro groups is 1. The van der Waals surface area contributed by atoms with Gasteiger partial charge in [-0.05, 0) is 39.9 Å². The van der Waals surface area contributed by atoms with E-state index in [9.17, 15) is 19.7 Å². The number of hydrogen-bond donors (Lipinski definition) is 2. The molecule has 0 saturated carbocycles. The molecule has 3 aromatic carbocycles. The third-order valence-electron chi connectivity index (χ3n) is 5.88. The Morgan fingerprint density at radius 1 is 0.971 bits per heavy atom. The number of rotatable bonds is 8. The highest BCUT2D eigenvalue weighted by Crippen LogP contribution is 2.44. The first-order valence-electron chi connectivity index (χ1n) is 11.0. The van der Waals surface area contributed by atoms with E-state index in [1.807, 2.05) is 48.5 Å². The van der Waals surface area contributed by atoms with E-state index in [2.05, 4.69) is 17.9 Å². The molecule has 0 unspecified atom stereocenters. The zero-order chi connectivity index (χ0) is 24.9. The number of esters is 1. The van der Waals surface area contributed by atoms with E-state index in [1.165, 1.54) is 24.3 Å². The van der Waals surface area contributed by atoms with Crippen LogP contribution in [0.1, 0.15) is 29.5 Å². The highest BCUT2D eigenvalue weighted by molar-refractivity contribution is 7.81. The molecule has 2 atom stereocenters. The van der Waals surface area contributed by atoms with E-state index < -0.39 is 28.3 Å². The van der Waals surface area contributed by atoms with Gasteiger partial charge in [-0.15, -0.1) is 0 Å². The second kappa shape index (κ2) is 10.6. The van der Waals surface area contributed by atoms with Crippen molar-refractivity contribution in [2.45, 2.75) is 30.7 Å². The zero-order valence-corrected chi connectivity index (χ0v) is 19.8. The number of amides is 1. The maximum atomic E-state index is 12.6. The predicted molar refractivity (Wildman–Crippen MR) is 133 cm³/mol. The van der Waals surface area contributed by atoms with Gasteiger partial charge in [0.15, 0.2) is 0 Å². The summed E-state index contributed by atoms with van der Waals surface area (Å²) in [6.07, 6.45) is -0.745. The summed E-state index contributed by atoms with van der Waals surface area (Å²) in [5, 5.41) is 12.8. The molecule has 180 valence electrons. The van der Waals surface area contributed by atoms with Crippen molar-refractivity contribution < 1.29 is 24.0 Å². The lowest BCUT2D eigenvalue weighted by atomic mass is 9.98. The van der Waals surface area contributed by atoms with Crippen molar-refractivity contribution >= 4 is 30.4 Å². The number of carbonyl (C=O) groups is 2. The monoisotopic (exact) mass is 492 g/mol. The Morgan fingerprint density at radius 3 is 2.09 bits per heavy atom. The van der Waals surface area contributed by atoms with Gasteiger partial charge in [-0.2, -0.15) is 12.6 Å². The van der Waals surface area contributed by atoms with Crippen LogP contribution in [0.2, 0.25) is 0 Å². The number of carbonyl (C=O) groups excluding carboxylic acids is 2. The molecule has 8 nitrogen and oxygen atoms in total. The minimum absolute atomic E-state index is 0.0566. The number of fused-ring (bicyclic) bond motifs is 3. The number of hydrogen-bond acceptors (Lipinski definition) is 7. The lowest BCUT2D eigenvalue weighted by molar-refractivity contribution is -0.384. The van der Waals surface area contributed by atoms with Gasteiger partial charge in [0.1, 0.15) is 19.3 Å².